The molecule has 0 radical (unpaired) electrons. The Hall–Kier alpha value is -1.96. The molecule has 0 N–H and O–H groups in total. The average molecular weight is 294 g/mol. The number of azo groups is 1. The Morgan fingerprint density at radius 2 is 0.909 bits per heavy atom. The van der Waals surface area contributed by atoms with Gasteiger partial charge in [-0.3, -0.25) is 0 Å². The molecular formula is C20H26N2. The minimum absolute atomic E-state index is 0.678. The SMILES string of the molecule is CC(C)Cc1ccc(/N=N/c2ccc(CC(C)C)cc2)cc1. The van der Waals surface area contributed by atoms with Crippen LogP contribution in [0.4, 0.5) is 11.4 Å². The molecule has 0 aliphatic heterocycles. The van der Waals surface area contributed by atoms with E-state index in [1.165, 1.54) is 11.1 Å². The van der Waals surface area contributed by atoms with Crippen molar-refractivity contribution in [3.05, 3.63) is 59.7 Å². The van der Waals surface area contributed by atoms with Gasteiger partial charge in [0, 0.05) is 0 Å². The third-order valence-corrected chi connectivity index (χ3v) is 3.44. The van der Waals surface area contributed by atoms with Crippen LogP contribution in [0.5, 0.6) is 0 Å². The molecule has 0 saturated heterocycles. The second-order valence-corrected chi connectivity index (χ2v) is 6.73. The van der Waals surface area contributed by atoms with Crippen LogP contribution in [0.3, 0.4) is 0 Å². The van der Waals surface area contributed by atoms with Crippen molar-refractivity contribution >= 4 is 11.4 Å². The molecule has 0 aliphatic rings. The fourth-order valence-corrected chi connectivity index (χ4v) is 2.46. The van der Waals surface area contributed by atoms with Crippen LogP contribution in [-0.2, 0) is 12.8 Å². The first-order valence-corrected chi connectivity index (χ1v) is 8.12. The summed E-state index contributed by atoms with van der Waals surface area (Å²) in [5.41, 5.74) is 4.51. The van der Waals surface area contributed by atoms with E-state index in [4.69, 9.17) is 0 Å². The van der Waals surface area contributed by atoms with E-state index in [1.807, 2.05) is 24.3 Å². The molecule has 2 aromatic rings. The Morgan fingerprint density at radius 1 is 0.591 bits per heavy atom. The number of rotatable bonds is 6. The molecule has 0 fully saturated rings. The Labute approximate surface area is 134 Å². The van der Waals surface area contributed by atoms with E-state index in [9.17, 15) is 0 Å². The second kappa shape index (κ2) is 7.88. The lowest BCUT2D eigenvalue weighted by Crippen LogP contribution is -1.92. The quantitative estimate of drug-likeness (QED) is 0.543. The topological polar surface area (TPSA) is 24.7 Å². The van der Waals surface area contributed by atoms with E-state index in [0.29, 0.717) is 11.8 Å². The van der Waals surface area contributed by atoms with Gasteiger partial charge in [-0.2, -0.15) is 10.2 Å². The van der Waals surface area contributed by atoms with Gasteiger partial charge in [-0.25, -0.2) is 0 Å². The summed E-state index contributed by atoms with van der Waals surface area (Å²) < 4.78 is 0. The summed E-state index contributed by atoms with van der Waals surface area (Å²) in [6.45, 7) is 8.93. The normalized spacial score (nSPS) is 11.7. The second-order valence-electron chi connectivity index (χ2n) is 6.73. The highest BCUT2D eigenvalue weighted by molar-refractivity contribution is 5.42. The van der Waals surface area contributed by atoms with Crippen molar-refractivity contribution in [2.45, 2.75) is 40.5 Å². The van der Waals surface area contributed by atoms with Gasteiger partial charge < -0.3 is 0 Å². The molecular weight excluding hydrogens is 268 g/mol. The smallest absolute Gasteiger partial charge is 0.0857 e. The van der Waals surface area contributed by atoms with Gasteiger partial charge in [0.2, 0.25) is 0 Å². The number of hydrogen-bond acceptors (Lipinski definition) is 2. The maximum absolute atomic E-state index is 4.31. The fraction of sp³-hybridized carbons (Fsp3) is 0.400. The van der Waals surface area contributed by atoms with Crippen LogP contribution >= 0.6 is 0 Å². The molecule has 0 spiro atoms. The highest BCUT2D eigenvalue weighted by Crippen LogP contribution is 2.20. The van der Waals surface area contributed by atoms with Crippen molar-refractivity contribution in [3.8, 4) is 0 Å². The Morgan fingerprint density at radius 3 is 1.18 bits per heavy atom. The van der Waals surface area contributed by atoms with E-state index < -0.39 is 0 Å². The standard InChI is InChI=1S/C20H26N2/c1-15(2)13-17-5-9-19(10-6-17)21-22-20-11-7-18(8-12-20)14-16(3)4/h5-12,15-16H,13-14H2,1-4H3/b22-21+. The Kier molecular flexibility index (Phi) is 5.88. The van der Waals surface area contributed by atoms with E-state index in [-0.39, 0.29) is 0 Å². The minimum Gasteiger partial charge on any atom is -0.151 e. The average Bonchev–Trinajstić information content (AvgIpc) is 2.47. The monoisotopic (exact) mass is 294 g/mol. The van der Waals surface area contributed by atoms with Crippen LogP contribution in [0.15, 0.2) is 58.8 Å². The molecule has 0 bridgehead atoms. The van der Waals surface area contributed by atoms with Crippen molar-refractivity contribution in [3.63, 3.8) is 0 Å². The van der Waals surface area contributed by atoms with E-state index in [0.717, 1.165) is 24.2 Å². The summed E-state index contributed by atoms with van der Waals surface area (Å²) in [7, 11) is 0. The first-order chi connectivity index (χ1) is 10.5. The molecule has 0 unspecified atom stereocenters. The van der Waals surface area contributed by atoms with Gasteiger partial charge >= 0.3 is 0 Å². The molecule has 2 aromatic carbocycles. The van der Waals surface area contributed by atoms with Crippen LogP contribution in [-0.4, -0.2) is 0 Å². The summed E-state index contributed by atoms with van der Waals surface area (Å²) in [6, 6.07) is 16.7. The third kappa shape index (κ3) is 5.44. The van der Waals surface area contributed by atoms with Gasteiger partial charge in [0.1, 0.15) is 0 Å². The van der Waals surface area contributed by atoms with E-state index >= 15 is 0 Å². The first kappa shape index (κ1) is 16.4. The highest BCUT2D eigenvalue weighted by atomic mass is 15.1. The van der Waals surface area contributed by atoms with Gasteiger partial charge in [-0.1, -0.05) is 52.0 Å². The lowest BCUT2D eigenvalue weighted by atomic mass is 10.0. The zero-order valence-electron chi connectivity index (χ0n) is 14.1. The molecule has 0 aromatic heterocycles. The van der Waals surface area contributed by atoms with Crippen molar-refractivity contribution in [2.24, 2.45) is 22.1 Å². The molecule has 116 valence electrons. The maximum atomic E-state index is 4.31. The molecule has 0 amide bonds. The number of nitrogens with zero attached hydrogens (tertiary/aromatic N) is 2. The van der Waals surface area contributed by atoms with Gasteiger partial charge in [-0.05, 0) is 60.1 Å². The maximum Gasteiger partial charge on any atom is 0.0857 e. The Bertz CT molecular complexity index is 537. The van der Waals surface area contributed by atoms with Gasteiger partial charge in [-0.15, -0.1) is 0 Å². The molecule has 0 aliphatic carbocycles. The largest absolute Gasteiger partial charge is 0.151 e. The summed E-state index contributed by atoms with van der Waals surface area (Å²) in [6.07, 6.45) is 2.21. The summed E-state index contributed by atoms with van der Waals surface area (Å²) in [5.74, 6) is 1.36. The third-order valence-electron chi connectivity index (χ3n) is 3.44. The molecule has 22 heavy (non-hydrogen) atoms. The highest BCUT2D eigenvalue weighted by Gasteiger charge is 1.99. The van der Waals surface area contributed by atoms with Gasteiger partial charge in [0.25, 0.3) is 0 Å². The van der Waals surface area contributed by atoms with Crippen molar-refractivity contribution in [1.29, 1.82) is 0 Å². The number of benzene rings is 2. The van der Waals surface area contributed by atoms with E-state index in [1.54, 1.807) is 0 Å². The predicted molar refractivity (Wildman–Crippen MR) is 94.1 cm³/mol. The van der Waals surface area contributed by atoms with Crippen LogP contribution in [0.2, 0.25) is 0 Å². The minimum atomic E-state index is 0.678. The predicted octanol–water partition coefficient (Wildman–Crippen LogP) is 6.50. The van der Waals surface area contributed by atoms with Crippen LogP contribution < -0.4 is 0 Å². The molecule has 2 rings (SSSR count). The van der Waals surface area contributed by atoms with Crippen molar-refractivity contribution in [2.75, 3.05) is 0 Å². The number of hydrogen-bond donors (Lipinski definition) is 0. The fourth-order valence-electron chi connectivity index (χ4n) is 2.46. The summed E-state index contributed by atoms with van der Waals surface area (Å²) in [4.78, 5) is 0. The summed E-state index contributed by atoms with van der Waals surface area (Å²) >= 11 is 0. The molecule has 2 heteroatoms. The molecule has 2 nitrogen and oxygen atoms in total. The lowest BCUT2D eigenvalue weighted by Gasteiger charge is -2.05. The molecule has 0 heterocycles. The van der Waals surface area contributed by atoms with E-state index in [2.05, 4.69) is 62.2 Å². The Balaban J connectivity index is 1.99. The van der Waals surface area contributed by atoms with Gasteiger partial charge in [0.15, 0.2) is 0 Å². The van der Waals surface area contributed by atoms with Crippen LogP contribution in [0.25, 0.3) is 0 Å². The summed E-state index contributed by atoms with van der Waals surface area (Å²) in [5, 5.41) is 8.62. The lowest BCUT2D eigenvalue weighted by molar-refractivity contribution is 0.647. The molecule has 0 atom stereocenters. The van der Waals surface area contributed by atoms with Gasteiger partial charge in [0.05, 0.1) is 11.4 Å². The van der Waals surface area contributed by atoms with Crippen LogP contribution in [0.1, 0.15) is 38.8 Å². The first-order valence-electron chi connectivity index (χ1n) is 8.12. The zero-order chi connectivity index (χ0) is 15.9. The zero-order valence-corrected chi connectivity index (χ0v) is 14.1. The van der Waals surface area contributed by atoms with Crippen LogP contribution in [0, 0.1) is 11.8 Å². The molecule has 0 saturated carbocycles. The van der Waals surface area contributed by atoms with Crippen molar-refractivity contribution in [1.82, 2.24) is 0 Å². The van der Waals surface area contributed by atoms with Crippen molar-refractivity contribution < 1.29 is 0 Å².